The zero-order chi connectivity index (χ0) is 68.0. The van der Waals surface area contributed by atoms with Crippen LogP contribution in [0.3, 0.4) is 0 Å². The molecule has 0 atom stereocenters. The van der Waals surface area contributed by atoms with Gasteiger partial charge in [-0.05, 0) is 48.5 Å². The van der Waals surface area contributed by atoms with Crippen molar-refractivity contribution in [3.63, 3.8) is 0 Å². The summed E-state index contributed by atoms with van der Waals surface area (Å²) in [5.74, 6) is 1.65. The van der Waals surface area contributed by atoms with Gasteiger partial charge in [-0.3, -0.25) is 0 Å². The average Bonchev–Trinajstić information content (AvgIpc) is 1.61. The van der Waals surface area contributed by atoms with Crippen molar-refractivity contribution < 1.29 is 76.3 Å². The zero-order valence-electron chi connectivity index (χ0n) is 50.6. The van der Waals surface area contributed by atoms with Crippen molar-refractivity contribution in [2.24, 2.45) is 0 Å². The Balaban J connectivity index is 0.00000897. The maximum absolute atomic E-state index is 7.55. The first-order valence-corrected chi connectivity index (χ1v) is 31.9. The molecular formula is C64H36Cl12N8O12Zn. The van der Waals surface area contributed by atoms with Crippen LogP contribution in [0.15, 0.2) is 72.8 Å². The topological polar surface area (TPSA) is 216 Å². The number of nitrogens with zero attached hydrogens (tertiary/aromatic N) is 8. The second-order valence-corrected chi connectivity index (χ2v) is 24.6. The Bertz CT molecular complexity index is 5020. The van der Waals surface area contributed by atoms with Gasteiger partial charge in [0.2, 0.25) is 0 Å². The summed E-state index contributed by atoms with van der Waals surface area (Å²) in [6.45, 7) is 0. The molecule has 8 aromatic carbocycles. The normalized spacial score (nSPS) is 11.4. The molecule has 0 fully saturated rings. The van der Waals surface area contributed by atoms with Gasteiger partial charge >= 0.3 is 19.5 Å². The summed E-state index contributed by atoms with van der Waals surface area (Å²) < 4.78 is 70.4. The molecule has 0 saturated carbocycles. The van der Waals surface area contributed by atoms with E-state index >= 15 is 0 Å². The van der Waals surface area contributed by atoms with E-state index in [1.807, 2.05) is 0 Å². The van der Waals surface area contributed by atoms with Gasteiger partial charge in [0.05, 0.1) is 120 Å². The third-order valence-electron chi connectivity index (χ3n) is 14.9. The SMILES string of the molecule is COc1ccc(Oc2c(Cl)c(Cl)c3c(c2Cl)-c2nc-3nc3[n-]c(nc4nc(nc5[n-]c(n2)c2c(Cl)c(Cl)c(Oc6ccc(OC)cc6OC)c(Cl)c52)-c2c(Cl)c(Cl)c(Oc5ccc(OC)cc5OC)c(Cl)c2-4)c2c(Cl)c(Cl)c(Oc4ccc(OC)cc4OC)c(Cl)c32)c(OC)c1.[Zn+2]. The standard InChI is InChI=1S/C64H36Cl12N8O12.Zn/c1-85-21-9-13-25(29(17-21)89-5)93-53-45(69)37-33(41(65)49(53)73)57-77-61(37)81-58-34-38(46(70)54(50(74)42(34)66)94-26-14-10-22(86-2)18-30(26)90-6)63(78-58)83-60-36-40(48(72)56(52(76)44(36)68)96-28-16-12-24(88-4)20-32(28)92-8)64(80-60)84-59-35-39(62(79-59)82-57)47(71)55(51(75)43(35)67)95-27-15-11-23(87-3)19-31(27)91-7;/h9-20H,1-8H3;/q-2;+2. The van der Waals surface area contributed by atoms with E-state index in [0.29, 0.717) is 23.0 Å². The Hall–Kier alpha value is -7.18. The number of fused-ring (bicyclic) bond motifs is 20. The number of hydrogen-bond donors (Lipinski definition) is 0. The van der Waals surface area contributed by atoms with Crippen LogP contribution < -0.4 is 66.8 Å². The number of aromatic nitrogens is 8. The van der Waals surface area contributed by atoms with Crippen LogP contribution in [0.5, 0.6) is 92.0 Å². The monoisotopic (exact) mass is 1590 g/mol. The Kier molecular flexibility index (Phi) is 20.0. The Morgan fingerprint density at radius 3 is 0.722 bits per heavy atom. The minimum Gasteiger partial charge on any atom is -0.497 e. The summed E-state index contributed by atoms with van der Waals surface area (Å²) >= 11 is 88.9. The van der Waals surface area contributed by atoms with E-state index in [2.05, 4.69) is 0 Å². The molecule has 0 saturated heterocycles. The van der Waals surface area contributed by atoms with Crippen molar-refractivity contribution in [1.29, 1.82) is 0 Å². The smallest absolute Gasteiger partial charge is 0.497 e. The fourth-order valence-corrected chi connectivity index (χ4v) is 13.8. The number of methoxy groups -OCH3 is 8. The van der Waals surface area contributed by atoms with E-state index in [-0.39, 0.29) is 238 Å². The number of ether oxygens (including phenoxy) is 12. The molecule has 2 aliphatic rings. The van der Waals surface area contributed by atoms with Crippen LogP contribution in [0.1, 0.15) is 0 Å². The molecule has 97 heavy (non-hydrogen) atoms. The number of hydrogen-bond acceptors (Lipinski definition) is 18. The minimum absolute atomic E-state index is 0. The van der Waals surface area contributed by atoms with E-state index in [1.165, 1.54) is 56.9 Å². The van der Waals surface area contributed by atoms with Crippen LogP contribution >= 0.6 is 139 Å². The number of rotatable bonds is 16. The predicted molar refractivity (Wildman–Crippen MR) is 373 cm³/mol. The summed E-state index contributed by atoms with van der Waals surface area (Å²) in [6.07, 6.45) is 0. The van der Waals surface area contributed by atoms with Crippen molar-refractivity contribution in [3.8, 4) is 138 Å². The molecule has 11 aromatic rings. The van der Waals surface area contributed by atoms with Gasteiger partial charge in [0.15, 0.2) is 69.0 Å². The molecule has 0 amide bonds. The van der Waals surface area contributed by atoms with Gasteiger partial charge in [-0.1, -0.05) is 139 Å². The molecule has 0 N–H and O–H groups in total. The van der Waals surface area contributed by atoms with Crippen LogP contribution in [0.2, 0.25) is 60.3 Å². The molecule has 8 bridgehead atoms. The van der Waals surface area contributed by atoms with Gasteiger partial charge in [-0.15, -0.1) is 0 Å². The van der Waals surface area contributed by atoms with Gasteiger partial charge < -0.3 is 86.7 Å². The Labute approximate surface area is 621 Å². The number of halogens is 12. The molecule has 0 aliphatic carbocycles. The molecular weight excluding hydrogens is 1560 g/mol. The molecule has 2 aliphatic heterocycles. The first-order chi connectivity index (χ1) is 46.2. The zero-order valence-corrected chi connectivity index (χ0v) is 62.7. The van der Waals surface area contributed by atoms with Crippen molar-refractivity contribution in [2.75, 3.05) is 56.9 Å². The second kappa shape index (κ2) is 27.9. The maximum atomic E-state index is 7.55. The van der Waals surface area contributed by atoms with E-state index in [9.17, 15) is 0 Å². The van der Waals surface area contributed by atoms with Crippen LogP contribution in [0, 0.1) is 0 Å². The van der Waals surface area contributed by atoms with Crippen molar-refractivity contribution in [3.05, 3.63) is 133 Å². The molecule has 13 rings (SSSR count). The average molecular weight is 1600 g/mol. The Morgan fingerprint density at radius 2 is 0.474 bits per heavy atom. The minimum atomic E-state index is -0.228. The van der Waals surface area contributed by atoms with Crippen molar-refractivity contribution in [2.45, 2.75) is 0 Å². The number of benzene rings is 8. The van der Waals surface area contributed by atoms with Gasteiger partial charge in [-0.2, -0.15) is 0 Å². The van der Waals surface area contributed by atoms with E-state index in [1.54, 1.807) is 72.8 Å². The summed E-state index contributed by atoms with van der Waals surface area (Å²) in [5, 5.41) is -2.44. The third-order valence-corrected chi connectivity index (χ3v) is 19.7. The first kappa shape index (κ1) is 69.7. The summed E-state index contributed by atoms with van der Waals surface area (Å²) in [5.41, 5.74) is -0.938. The molecule has 3 aromatic heterocycles. The van der Waals surface area contributed by atoms with E-state index in [0.717, 1.165) is 0 Å². The van der Waals surface area contributed by atoms with Crippen LogP contribution in [-0.2, 0) is 19.5 Å². The maximum Gasteiger partial charge on any atom is 2.00 e. The van der Waals surface area contributed by atoms with E-state index in [4.69, 9.17) is 236 Å². The van der Waals surface area contributed by atoms with Gasteiger partial charge in [0.25, 0.3) is 0 Å². The van der Waals surface area contributed by atoms with Gasteiger partial charge in [0, 0.05) is 90.7 Å². The molecule has 0 spiro atoms. The fraction of sp³-hybridized carbons (Fsp3) is 0.125. The second-order valence-electron chi connectivity index (χ2n) is 20.0. The molecule has 490 valence electrons. The van der Waals surface area contributed by atoms with Crippen LogP contribution in [-0.4, -0.2) is 86.8 Å². The first-order valence-electron chi connectivity index (χ1n) is 27.3. The molecule has 33 heteroatoms. The van der Waals surface area contributed by atoms with Crippen LogP contribution in [0.4, 0.5) is 0 Å². The summed E-state index contributed by atoms with van der Waals surface area (Å²) in [7, 11) is 11.7. The largest absolute Gasteiger partial charge is 2.00 e. The van der Waals surface area contributed by atoms with Gasteiger partial charge in [-0.25, -0.2) is 9.97 Å². The van der Waals surface area contributed by atoms with Crippen LogP contribution in [0.25, 0.3) is 89.7 Å². The molecule has 20 nitrogen and oxygen atoms in total. The third kappa shape index (κ3) is 11.9. The van der Waals surface area contributed by atoms with Crippen molar-refractivity contribution >= 4 is 183 Å². The van der Waals surface area contributed by atoms with Crippen molar-refractivity contribution in [1.82, 2.24) is 39.9 Å². The predicted octanol–water partition coefficient (Wildman–Crippen LogP) is 21.2. The summed E-state index contributed by atoms with van der Waals surface area (Å²) in [6, 6.07) is 19.1. The molecule has 5 heterocycles. The van der Waals surface area contributed by atoms with E-state index < -0.39 is 0 Å². The molecule has 0 radical (unpaired) electrons. The Morgan fingerprint density at radius 1 is 0.247 bits per heavy atom. The fourth-order valence-electron chi connectivity index (χ4n) is 10.4. The molecule has 0 unspecified atom stereocenters. The quantitative estimate of drug-likeness (QED) is 0.0649. The van der Waals surface area contributed by atoms with Gasteiger partial charge in [0.1, 0.15) is 43.1 Å². The summed E-state index contributed by atoms with van der Waals surface area (Å²) in [4.78, 5) is 40.3.